The maximum absolute atomic E-state index is 5.79. The molecule has 3 rings (SSSR count). The molecule has 0 saturated carbocycles. The molecule has 0 spiro atoms. The molecule has 2 aromatic rings. The fourth-order valence-electron chi connectivity index (χ4n) is 3.08. The van der Waals surface area contributed by atoms with Crippen molar-refractivity contribution >= 4 is 0 Å². The number of hydrogen-bond donors (Lipinski definition) is 1. The second-order valence-electron chi connectivity index (χ2n) is 5.67. The van der Waals surface area contributed by atoms with Crippen molar-refractivity contribution in [2.75, 3.05) is 20.7 Å². The van der Waals surface area contributed by atoms with E-state index in [0.29, 0.717) is 6.54 Å². The average molecular weight is 282 g/mol. The molecule has 3 nitrogen and oxygen atoms in total. The largest absolute Gasteiger partial charge is 0.496 e. The third-order valence-corrected chi connectivity index (χ3v) is 4.23. The lowest BCUT2D eigenvalue weighted by Crippen LogP contribution is -2.27. The van der Waals surface area contributed by atoms with E-state index in [1.807, 2.05) is 0 Å². The van der Waals surface area contributed by atoms with Gasteiger partial charge in [0.15, 0.2) is 0 Å². The Morgan fingerprint density at radius 3 is 2.86 bits per heavy atom. The van der Waals surface area contributed by atoms with Crippen LogP contribution in [0.15, 0.2) is 36.4 Å². The number of fused-ring (bicyclic) bond motifs is 1. The summed E-state index contributed by atoms with van der Waals surface area (Å²) in [5, 5.41) is 0. The molecular weight excluding hydrogens is 260 g/mol. The van der Waals surface area contributed by atoms with Crippen LogP contribution in [0, 0.1) is 0 Å². The lowest BCUT2D eigenvalue weighted by molar-refractivity contribution is 0.312. The maximum Gasteiger partial charge on any atom is 0.127 e. The summed E-state index contributed by atoms with van der Waals surface area (Å²) in [6.45, 7) is 2.64. The van der Waals surface area contributed by atoms with Crippen molar-refractivity contribution in [2.45, 2.75) is 19.5 Å². The van der Waals surface area contributed by atoms with E-state index in [9.17, 15) is 0 Å². The Hall–Kier alpha value is -1.84. The minimum absolute atomic E-state index is 0.561. The first-order valence-electron chi connectivity index (χ1n) is 7.39. The fourth-order valence-corrected chi connectivity index (χ4v) is 3.08. The van der Waals surface area contributed by atoms with Crippen molar-refractivity contribution in [3.63, 3.8) is 0 Å². The summed E-state index contributed by atoms with van der Waals surface area (Å²) in [6.07, 6.45) is 1.10. The number of benzene rings is 2. The van der Waals surface area contributed by atoms with E-state index in [2.05, 4.69) is 48.3 Å². The molecule has 0 radical (unpaired) electrons. The average Bonchev–Trinajstić information content (AvgIpc) is 2.53. The smallest absolute Gasteiger partial charge is 0.127 e. The second-order valence-corrected chi connectivity index (χ2v) is 5.67. The first-order chi connectivity index (χ1) is 10.2. The summed E-state index contributed by atoms with van der Waals surface area (Å²) in [6, 6.07) is 12.8. The Labute approximate surface area is 126 Å². The van der Waals surface area contributed by atoms with Crippen LogP contribution in [-0.4, -0.2) is 25.6 Å². The van der Waals surface area contributed by atoms with Crippen LogP contribution in [0.3, 0.4) is 0 Å². The van der Waals surface area contributed by atoms with Crippen molar-refractivity contribution in [1.29, 1.82) is 0 Å². The van der Waals surface area contributed by atoms with Crippen LogP contribution in [0.25, 0.3) is 11.1 Å². The standard InChI is InChI=1S/C18H22N2O/c1-20-9-8-14-6-7-17(21-2)18(16(14)12-20)15-5-3-4-13(10-15)11-19/h3-7,10H,8-9,11-12,19H2,1-2H3. The van der Waals surface area contributed by atoms with E-state index in [4.69, 9.17) is 10.5 Å². The summed E-state index contributed by atoms with van der Waals surface area (Å²) < 4.78 is 5.62. The van der Waals surface area contributed by atoms with Crippen LogP contribution in [-0.2, 0) is 19.5 Å². The fraction of sp³-hybridized carbons (Fsp3) is 0.333. The number of ether oxygens (including phenoxy) is 1. The zero-order chi connectivity index (χ0) is 14.8. The van der Waals surface area contributed by atoms with Gasteiger partial charge >= 0.3 is 0 Å². The second kappa shape index (κ2) is 5.88. The van der Waals surface area contributed by atoms with Crippen molar-refractivity contribution < 1.29 is 4.74 Å². The molecule has 2 N–H and O–H groups in total. The van der Waals surface area contributed by atoms with Crippen molar-refractivity contribution in [3.8, 4) is 16.9 Å². The number of likely N-dealkylation sites (N-methyl/N-ethyl adjacent to an activating group) is 1. The number of nitrogens with zero attached hydrogens (tertiary/aromatic N) is 1. The minimum Gasteiger partial charge on any atom is -0.496 e. The predicted octanol–water partition coefficient (Wildman–Crippen LogP) is 2.81. The van der Waals surface area contributed by atoms with Crippen LogP contribution in [0.1, 0.15) is 16.7 Å². The molecule has 0 atom stereocenters. The molecule has 0 unspecified atom stereocenters. The van der Waals surface area contributed by atoms with Gasteiger partial charge in [0.05, 0.1) is 7.11 Å². The van der Waals surface area contributed by atoms with Crippen LogP contribution in [0.5, 0.6) is 5.75 Å². The number of methoxy groups -OCH3 is 1. The quantitative estimate of drug-likeness (QED) is 0.941. The Morgan fingerprint density at radius 1 is 1.24 bits per heavy atom. The van der Waals surface area contributed by atoms with Gasteiger partial charge in [0.2, 0.25) is 0 Å². The summed E-state index contributed by atoms with van der Waals surface area (Å²) in [4.78, 5) is 2.36. The topological polar surface area (TPSA) is 38.5 Å². The molecule has 21 heavy (non-hydrogen) atoms. The summed E-state index contributed by atoms with van der Waals surface area (Å²) in [5.41, 5.74) is 12.2. The van der Waals surface area contributed by atoms with Crippen molar-refractivity contribution in [2.24, 2.45) is 5.73 Å². The lowest BCUT2D eigenvalue weighted by atomic mass is 9.90. The normalized spacial score (nSPS) is 14.8. The molecule has 2 aromatic carbocycles. The SMILES string of the molecule is COc1ccc2c(c1-c1cccc(CN)c1)CN(C)CC2. The molecular formula is C18H22N2O. The van der Waals surface area contributed by atoms with Gasteiger partial charge in [-0.25, -0.2) is 0 Å². The Balaban J connectivity index is 2.19. The third kappa shape index (κ3) is 2.67. The Bertz CT molecular complexity index is 652. The van der Waals surface area contributed by atoms with Gasteiger partial charge in [0, 0.05) is 25.2 Å². The van der Waals surface area contributed by atoms with Gasteiger partial charge in [-0.3, -0.25) is 0 Å². The van der Waals surface area contributed by atoms with Gasteiger partial charge in [-0.1, -0.05) is 24.3 Å². The highest BCUT2D eigenvalue weighted by atomic mass is 16.5. The van der Waals surface area contributed by atoms with Gasteiger partial charge in [-0.15, -0.1) is 0 Å². The first-order valence-corrected chi connectivity index (χ1v) is 7.39. The van der Waals surface area contributed by atoms with Gasteiger partial charge in [0.1, 0.15) is 5.75 Å². The number of nitrogens with two attached hydrogens (primary N) is 1. The van der Waals surface area contributed by atoms with Gasteiger partial charge < -0.3 is 15.4 Å². The molecule has 0 bridgehead atoms. The zero-order valence-electron chi connectivity index (χ0n) is 12.7. The highest BCUT2D eigenvalue weighted by Gasteiger charge is 2.20. The zero-order valence-corrected chi connectivity index (χ0v) is 12.7. The third-order valence-electron chi connectivity index (χ3n) is 4.23. The summed E-state index contributed by atoms with van der Waals surface area (Å²) in [5.74, 6) is 0.943. The highest BCUT2D eigenvalue weighted by molar-refractivity contribution is 5.76. The predicted molar refractivity (Wildman–Crippen MR) is 86.4 cm³/mol. The lowest BCUT2D eigenvalue weighted by Gasteiger charge is -2.28. The first kappa shape index (κ1) is 14.1. The monoisotopic (exact) mass is 282 g/mol. The van der Waals surface area contributed by atoms with Crippen LogP contribution in [0.2, 0.25) is 0 Å². The summed E-state index contributed by atoms with van der Waals surface area (Å²) in [7, 11) is 3.91. The molecule has 0 aromatic heterocycles. The van der Waals surface area contributed by atoms with E-state index >= 15 is 0 Å². The van der Waals surface area contributed by atoms with E-state index in [1.54, 1.807) is 7.11 Å². The minimum atomic E-state index is 0.561. The molecule has 110 valence electrons. The van der Waals surface area contributed by atoms with Crippen molar-refractivity contribution in [3.05, 3.63) is 53.1 Å². The molecule has 1 aliphatic rings. The van der Waals surface area contributed by atoms with Crippen molar-refractivity contribution in [1.82, 2.24) is 4.90 Å². The van der Waals surface area contributed by atoms with Gasteiger partial charge in [0.25, 0.3) is 0 Å². The Kier molecular flexibility index (Phi) is 3.95. The van der Waals surface area contributed by atoms with E-state index < -0.39 is 0 Å². The van der Waals surface area contributed by atoms with E-state index in [1.165, 1.54) is 22.3 Å². The van der Waals surface area contributed by atoms with Gasteiger partial charge in [-0.05, 0) is 47.9 Å². The van der Waals surface area contributed by atoms with Crippen LogP contribution in [0.4, 0.5) is 0 Å². The van der Waals surface area contributed by atoms with Gasteiger partial charge in [-0.2, -0.15) is 0 Å². The van der Waals surface area contributed by atoms with Crippen LogP contribution < -0.4 is 10.5 Å². The number of hydrogen-bond acceptors (Lipinski definition) is 3. The highest BCUT2D eigenvalue weighted by Crippen LogP contribution is 2.38. The summed E-state index contributed by atoms with van der Waals surface area (Å²) >= 11 is 0. The Morgan fingerprint density at radius 2 is 2.10 bits per heavy atom. The number of rotatable bonds is 3. The molecule has 3 heteroatoms. The maximum atomic E-state index is 5.79. The molecule has 0 aliphatic carbocycles. The van der Waals surface area contributed by atoms with E-state index in [-0.39, 0.29) is 0 Å². The molecule has 0 fully saturated rings. The van der Waals surface area contributed by atoms with Crippen LogP contribution >= 0.6 is 0 Å². The molecule has 0 saturated heterocycles. The molecule has 1 aliphatic heterocycles. The molecule has 1 heterocycles. The molecule has 0 amide bonds. The van der Waals surface area contributed by atoms with E-state index in [0.717, 1.165) is 30.8 Å².